The monoisotopic (exact) mass is 408 g/mol. The van der Waals surface area contributed by atoms with E-state index < -0.39 is 59.7 Å². The molecule has 0 aromatic rings. The van der Waals surface area contributed by atoms with Crippen LogP contribution in [-0.4, -0.2) is 55.4 Å². The van der Waals surface area contributed by atoms with Crippen molar-refractivity contribution in [1.82, 2.24) is 0 Å². The molecule has 0 heterocycles. The van der Waals surface area contributed by atoms with Gasteiger partial charge in [-0.25, -0.2) is 26.1 Å². The van der Waals surface area contributed by atoms with Crippen molar-refractivity contribution in [1.29, 1.82) is 0 Å². The second-order valence-electron chi connectivity index (χ2n) is 4.47. The van der Waals surface area contributed by atoms with E-state index in [4.69, 9.17) is 4.55 Å². The maximum absolute atomic E-state index is 13.6. The number of halogens is 11. The summed E-state index contributed by atoms with van der Waals surface area (Å²) in [5.74, 6) is -27.3. The molecular formula is C8H7F11O4S. The molecule has 0 fully saturated rings. The quantitative estimate of drug-likeness (QED) is 0.495. The third kappa shape index (κ3) is 3.68. The largest absolute Gasteiger partial charge is 0.397 e. The van der Waals surface area contributed by atoms with E-state index >= 15 is 0 Å². The predicted molar refractivity (Wildman–Crippen MR) is 52.8 cm³/mol. The van der Waals surface area contributed by atoms with Gasteiger partial charge in [-0.15, -0.1) is 0 Å². The normalized spacial score (nSPS) is 17.9. The molecule has 0 radical (unpaired) electrons. The molecule has 0 aliphatic rings. The first-order valence-electron chi connectivity index (χ1n) is 5.25. The standard InChI is InChI=1S/C8H7F11O4S/c1-4(11,5(12,13)2-23-24(20,21)22)7(16,17)8(18,19)6(14,15)3(9)10/h3H,2H2,1H3,(H,20,21,22). The van der Waals surface area contributed by atoms with Crippen molar-refractivity contribution in [2.45, 2.75) is 42.7 Å². The molecule has 1 N–H and O–H groups in total. The summed E-state index contributed by atoms with van der Waals surface area (Å²) in [7, 11) is -5.79. The molecule has 0 amide bonds. The smallest absolute Gasteiger partial charge is 0.264 e. The van der Waals surface area contributed by atoms with Crippen LogP contribution in [0.3, 0.4) is 0 Å². The van der Waals surface area contributed by atoms with Gasteiger partial charge in [0.05, 0.1) is 0 Å². The molecule has 0 saturated carbocycles. The minimum absolute atomic E-state index is 1.06. The first-order valence-corrected chi connectivity index (χ1v) is 6.62. The molecule has 0 bridgehead atoms. The first-order chi connectivity index (χ1) is 10.2. The second-order valence-corrected chi connectivity index (χ2v) is 5.56. The molecule has 0 spiro atoms. The summed E-state index contributed by atoms with van der Waals surface area (Å²) in [4.78, 5) is 0. The topological polar surface area (TPSA) is 63.6 Å². The molecule has 24 heavy (non-hydrogen) atoms. The highest BCUT2D eigenvalue weighted by Gasteiger charge is 2.85. The van der Waals surface area contributed by atoms with Crippen LogP contribution in [-0.2, 0) is 14.6 Å². The van der Waals surface area contributed by atoms with Crippen LogP contribution in [0.5, 0.6) is 0 Å². The van der Waals surface area contributed by atoms with Crippen LogP contribution in [0.2, 0.25) is 0 Å². The average molecular weight is 408 g/mol. The van der Waals surface area contributed by atoms with Crippen molar-refractivity contribution in [3.63, 3.8) is 0 Å². The lowest BCUT2D eigenvalue weighted by molar-refractivity contribution is -0.385. The molecule has 0 rings (SSSR count). The molecule has 0 aromatic heterocycles. The van der Waals surface area contributed by atoms with Crippen molar-refractivity contribution < 1.29 is 65.4 Å². The number of rotatable bonds is 8. The van der Waals surface area contributed by atoms with E-state index in [1.54, 1.807) is 0 Å². The lowest BCUT2D eigenvalue weighted by Crippen LogP contribution is -2.69. The summed E-state index contributed by atoms with van der Waals surface area (Å²) in [6, 6.07) is 0. The van der Waals surface area contributed by atoms with Crippen molar-refractivity contribution in [3.8, 4) is 0 Å². The third-order valence-electron chi connectivity index (χ3n) is 2.75. The van der Waals surface area contributed by atoms with Crippen LogP contribution < -0.4 is 0 Å². The number of hydrogen-bond acceptors (Lipinski definition) is 3. The second kappa shape index (κ2) is 6.12. The average Bonchev–Trinajstić information content (AvgIpc) is 2.34. The fraction of sp³-hybridized carbons (Fsp3) is 1.00. The Hall–Kier alpha value is -0.900. The van der Waals surface area contributed by atoms with Crippen LogP contribution in [0.1, 0.15) is 6.92 Å². The van der Waals surface area contributed by atoms with Gasteiger partial charge in [-0.1, -0.05) is 0 Å². The molecule has 0 aliphatic heterocycles. The summed E-state index contributed by atoms with van der Waals surface area (Å²) in [6.45, 7) is -4.07. The van der Waals surface area contributed by atoms with E-state index in [0.29, 0.717) is 0 Å². The van der Waals surface area contributed by atoms with Crippen molar-refractivity contribution >= 4 is 10.4 Å². The molecule has 16 heteroatoms. The van der Waals surface area contributed by atoms with Crippen molar-refractivity contribution in [2.24, 2.45) is 0 Å². The first kappa shape index (κ1) is 23.1. The Balaban J connectivity index is 5.98. The molecule has 0 saturated heterocycles. The van der Waals surface area contributed by atoms with Crippen molar-refractivity contribution in [2.75, 3.05) is 6.61 Å². The van der Waals surface area contributed by atoms with Crippen LogP contribution in [0.25, 0.3) is 0 Å². The van der Waals surface area contributed by atoms with Gasteiger partial charge in [-0.05, 0) is 6.92 Å². The third-order valence-corrected chi connectivity index (χ3v) is 3.17. The van der Waals surface area contributed by atoms with Gasteiger partial charge in [0.1, 0.15) is 6.61 Å². The Morgan fingerprint density at radius 1 is 0.917 bits per heavy atom. The van der Waals surface area contributed by atoms with E-state index in [2.05, 4.69) is 4.18 Å². The van der Waals surface area contributed by atoms with Gasteiger partial charge in [0.25, 0.3) is 0 Å². The lowest BCUT2D eigenvalue weighted by Gasteiger charge is -2.41. The van der Waals surface area contributed by atoms with Crippen LogP contribution in [0.15, 0.2) is 0 Å². The zero-order valence-corrected chi connectivity index (χ0v) is 11.8. The molecule has 1 atom stereocenters. The zero-order chi connectivity index (χ0) is 20.0. The molecule has 0 aliphatic carbocycles. The lowest BCUT2D eigenvalue weighted by atomic mass is 9.86. The summed E-state index contributed by atoms with van der Waals surface area (Å²) in [5.41, 5.74) is -5.99. The summed E-state index contributed by atoms with van der Waals surface area (Å²) in [5, 5.41) is 0. The van der Waals surface area contributed by atoms with Crippen LogP contribution in [0, 0.1) is 0 Å². The van der Waals surface area contributed by atoms with Gasteiger partial charge in [0.15, 0.2) is 0 Å². The van der Waals surface area contributed by atoms with E-state index in [9.17, 15) is 56.7 Å². The maximum Gasteiger partial charge on any atom is 0.397 e. The maximum atomic E-state index is 13.6. The highest BCUT2D eigenvalue weighted by Crippen LogP contribution is 2.57. The minimum atomic E-state index is -7.31. The Bertz CT molecular complexity index is 556. The Kier molecular flexibility index (Phi) is 5.89. The fourth-order valence-electron chi connectivity index (χ4n) is 1.15. The van der Waals surface area contributed by atoms with Gasteiger partial charge in [0, 0.05) is 0 Å². The van der Waals surface area contributed by atoms with E-state index in [-0.39, 0.29) is 0 Å². The minimum Gasteiger partial charge on any atom is -0.264 e. The highest BCUT2D eigenvalue weighted by molar-refractivity contribution is 7.80. The predicted octanol–water partition coefficient (Wildman–Crippen LogP) is 3.34. The van der Waals surface area contributed by atoms with E-state index in [1.165, 1.54) is 0 Å². The van der Waals surface area contributed by atoms with Crippen LogP contribution >= 0.6 is 0 Å². The van der Waals surface area contributed by atoms with Gasteiger partial charge < -0.3 is 0 Å². The SMILES string of the molecule is CC(F)(C(F)(F)COS(=O)(=O)O)C(F)(F)C(F)(F)C(F)(F)C(F)F. The molecule has 1 unspecified atom stereocenters. The van der Waals surface area contributed by atoms with Gasteiger partial charge in [0.2, 0.25) is 5.67 Å². The fourth-order valence-corrected chi connectivity index (χ4v) is 1.45. The summed E-state index contributed by atoms with van der Waals surface area (Å²) < 4.78 is 172. The molecular weight excluding hydrogens is 401 g/mol. The highest BCUT2D eigenvalue weighted by atomic mass is 32.3. The van der Waals surface area contributed by atoms with E-state index in [0.717, 1.165) is 0 Å². The zero-order valence-electron chi connectivity index (χ0n) is 11.0. The Labute approximate surface area is 126 Å². The summed E-state index contributed by atoms with van der Waals surface area (Å²) >= 11 is 0. The molecule has 0 aromatic carbocycles. The Morgan fingerprint density at radius 3 is 1.58 bits per heavy atom. The number of alkyl halides is 11. The van der Waals surface area contributed by atoms with Gasteiger partial charge in [-0.3, -0.25) is 4.55 Å². The van der Waals surface area contributed by atoms with E-state index in [1.807, 2.05) is 0 Å². The molecule has 146 valence electrons. The summed E-state index contributed by atoms with van der Waals surface area (Å²) in [6.07, 6.45) is -5.48. The van der Waals surface area contributed by atoms with Gasteiger partial charge in [-0.2, -0.15) is 34.8 Å². The van der Waals surface area contributed by atoms with Crippen molar-refractivity contribution in [3.05, 3.63) is 0 Å². The van der Waals surface area contributed by atoms with Crippen LogP contribution in [0.4, 0.5) is 48.3 Å². The Morgan fingerprint density at radius 2 is 1.29 bits per heavy atom. The van der Waals surface area contributed by atoms with Gasteiger partial charge >= 0.3 is 40.5 Å². The number of hydrogen-bond donors (Lipinski definition) is 1. The molecule has 4 nitrogen and oxygen atoms in total.